The largest absolute Gasteiger partial charge is 0.352 e. The van der Waals surface area contributed by atoms with Crippen LogP contribution in [0, 0.1) is 6.92 Å². The summed E-state index contributed by atoms with van der Waals surface area (Å²) in [5.41, 5.74) is 0. The second-order valence-electron chi connectivity index (χ2n) is 3.32. The van der Waals surface area contributed by atoms with Gasteiger partial charge in [0.05, 0.1) is 0 Å². The lowest BCUT2D eigenvalue weighted by Crippen LogP contribution is -2.34. The van der Waals surface area contributed by atoms with Crippen molar-refractivity contribution in [2.75, 3.05) is 5.88 Å². The van der Waals surface area contributed by atoms with Crippen LogP contribution in [0.1, 0.15) is 16.7 Å². The third-order valence-corrected chi connectivity index (χ3v) is 3.10. The molecule has 0 fully saturated rings. The molecule has 0 bridgehead atoms. The van der Waals surface area contributed by atoms with Gasteiger partial charge >= 0.3 is 0 Å². The molecule has 1 aromatic heterocycles. The number of carbonyl (C=O) groups is 1. The van der Waals surface area contributed by atoms with E-state index in [1.807, 2.05) is 6.92 Å². The smallest absolute Gasteiger partial charge is 0.235 e. The highest BCUT2D eigenvalue weighted by molar-refractivity contribution is 7.11. The number of rotatable bonds is 4. The van der Waals surface area contributed by atoms with Gasteiger partial charge in [0.2, 0.25) is 5.91 Å². The van der Waals surface area contributed by atoms with Crippen molar-refractivity contribution in [2.24, 2.45) is 0 Å². The van der Waals surface area contributed by atoms with E-state index in [1.165, 1.54) is 9.75 Å². The lowest BCUT2D eigenvalue weighted by Gasteiger charge is -2.11. The highest BCUT2D eigenvalue weighted by Gasteiger charge is 2.07. The van der Waals surface area contributed by atoms with Gasteiger partial charge in [-0.25, -0.2) is 0 Å². The molecule has 1 N–H and O–H groups in total. The zero-order valence-corrected chi connectivity index (χ0v) is 9.91. The number of hydrogen-bond acceptors (Lipinski definition) is 2. The normalized spacial score (nSPS) is 12.5. The molecule has 0 aromatic carbocycles. The Hall–Kier alpha value is -0.540. The molecule has 1 rings (SSSR count). The molecule has 0 radical (unpaired) electrons. The molecule has 0 aliphatic heterocycles. The van der Waals surface area contributed by atoms with Crippen LogP contribution in [0.2, 0.25) is 0 Å². The van der Waals surface area contributed by atoms with Gasteiger partial charge in [-0.2, -0.15) is 0 Å². The Morgan fingerprint density at radius 3 is 2.86 bits per heavy atom. The fourth-order valence-corrected chi connectivity index (χ4v) is 2.36. The number of alkyl halides is 1. The molecule has 0 saturated carbocycles. The summed E-state index contributed by atoms with van der Waals surface area (Å²) >= 11 is 7.16. The summed E-state index contributed by atoms with van der Waals surface area (Å²) in [5, 5.41) is 2.82. The third-order valence-electron chi connectivity index (χ3n) is 1.83. The summed E-state index contributed by atoms with van der Waals surface area (Å²) in [7, 11) is 0. The molecule has 4 heteroatoms. The first-order chi connectivity index (χ1) is 6.61. The number of carbonyl (C=O) groups excluding carboxylic acids is 1. The topological polar surface area (TPSA) is 29.1 Å². The van der Waals surface area contributed by atoms with Crippen molar-refractivity contribution in [1.82, 2.24) is 5.32 Å². The Balaban J connectivity index is 2.41. The first kappa shape index (κ1) is 11.5. The third kappa shape index (κ3) is 3.68. The molecule has 0 aliphatic carbocycles. The molecule has 0 aliphatic rings. The van der Waals surface area contributed by atoms with Crippen molar-refractivity contribution >= 4 is 28.8 Å². The zero-order valence-electron chi connectivity index (χ0n) is 8.34. The maximum atomic E-state index is 11.0. The van der Waals surface area contributed by atoms with Crippen LogP contribution < -0.4 is 5.32 Å². The minimum absolute atomic E-state index is 0.0355. The van der Waals surface area contributed by atoms with Crippen molar-refractivity contribution in [3.05, 3.63) is 21.9 Å². The van der Waals surface area contributed by atoms with Gasteiger partial charge in [0.15, 0.2) is 0 Å². The van der Waals surface area contributed by atoms with Crippen LogP contribution >= 0.6 is 22.9 Å². The second kappa shape index (κ2) is 5.37. The maximum Gasteiger partial charge on any atom is 0.235 e. The van der Waals surface area contributed by atoms with Gasteiger partial charge in [-0.05, 0) is 26.0 Å². The van der Waals surface area contributed by atoms with Crippen molar-refractivity contribution in [3.63, 3.8) is 0 Å². The predicted octanol–water partition coefficient (Wildman–Crippen LogP) is 2.34. The monoisotopic (exact) mass is 231 g/mol. The van der Waals surface area contributed by atoms with Crippen LogP contribution in [-0.2, 0) is 11.2 Å². The number of nitrogens with one attached hydrogen (secondary N) is 1. The minimum atomic E-state index is -0.104. The van der Waals surface area contributed by atoms with Gasteiger partial charge < -0.3 is 5.32 Å². The van der Waals surface area contributed by atoms with E-state index < -0.39 is 0 Å². The quantitative estimate of drug-likeness (QED) is 0.792. The van der Waals surface area contributed by atoms with E-state index in [1.54, 1.807) is 11.3 Å². The number of halogens is 1. The highest BCUT2D eigenvalue weighted by Crippen LogP contribution is 2.16. The van der Waals surface area contributed by atoms with Gasteiger partial charge in [0, 0.05) is 22.2 Å². The standard InChI is InChI=1S/C10H14ClNOS/c1-7(12-10(13)6-11)5-9-4-3-8(2)14-9/h3-4,7H,5-6H2,1-2H3,(H,12,13). The van der Waals surface area contributed by atoms with E-state index in [0.717, 1.165) is 6.42 Å². The molecule has 2 nitrogen and oxygen atoms in total. The minimum Gasteiger partial charge on any atom is -0.352 e. The first-order valence-electron chi connectivity index (χ1n) is 4.52. The summed E-state index contributed by atoms with van der Waals surface area (Å²) < 4.78 is 0. The molecule has 1 aromatic rings. The first-order valence-corrected chi connectivity index (χ1v) is 5.87. The summed E-state index contributed by atoms with van der Waals surface area (Å²) in [4.78, 5) is 13.6. The summed E-state index contributed by atoms with van der Waals surface area (Å²) in [6.45, 7) is 4.07. The van der Waals surface area contributed by atoms with Crippen LogP contribution in [0.3, 0.4) is 0 Å². The van der Waals surface area contributed by atoms with E-state index in [9.17, 15) is 4.79 Å². The fourth-order valence-electron chi connectivity index (χ4n) is 1.26. The Morgan fingerprint density at radius 1 is 1.64 bits per heavy atom. The summed E-state index contributed by atoms with van der Waals surface area (Å²) in [6.07, 6.45) is 0.876. The van der Waals surface area contributed by atoms with Gasteiger partial charge in [-0.3, -0.25) is 4.79 Å². The number of amides is 1. The fraction of sp³-hybridized carbons (Fsp3) is 0.500. The molecule has 1 atom stereocenters. The Kier molecular flexibility index (Phi) is 4.42. The van der Waals surface area contributed by atoms with Crippen LogP contribution in [0.25, 0.3) is 0 Å². The van der Waals surface area contributed by atoms with Crippen molar-refractivity contribution < 1.29 is 4.79 Å². The van der Waals surface area contributed by atoms with E-state index >= 15 is 0 Å². The van der Waals surface area contributed by atoms with Crippen molar-refractivity contribution in [2.45, 2.75) is 26.3 Å². The lowest BCUT2D eigenvalue weighted by atomic mass is 10.2. The molecule has 78 valence electrons. The van der Waals surface area contributed by atoms with Crippen LogP contribution in [0.5, 0.6) is 0 Å². The average Bonchev–Trinajstić information content (AvgIpc) is 2.50. The van der Waals surface area contributed by atoms with Gasteiger partial charge in [0.1, 0.15) is 5.88 Å². The van der Waals surface area contributed by atoms with Crippen LogP contribution in [0.15, 0.2) is 12.1 Å². The molecule has 1 heterocycles. The SMILES string of the molecule is Cc1ccc(CC(C)NC(=O)CCl)s1. The molecule has 1 amide bonds. The van der Waals surface area contributed by atoms with Gasteiger partial charge in [-0.15, -0.1) is 22.9 Å². The molecule has 1 unspecified atom stereocenters. The summed E-state index contributed by atoms with van der Waals surface area (Å²) in [6, 6.07) is 4.35. The maximum absolute atomic E-state index is 11.0. The highest BCUT2D eigenvalue weighted by atomic mass is 35.5. The Morgan fingerprint density at radius 2 is 2.36 bits per heavy atom. The second-order valence-corrected chi connectivity index (χ2v) is 4.96. The van der Waals surface area contributed by atoms with Crippen LogP contribution in [0.4, 0.5) is 0 Å². The summed E-state index contributed by atoms with van der Waals surface area (Å²) in [5.74, 6) is -0.0687. The molecular formula is C10H14ClNOS. The number of hydrogen-bond donors (Lipinski definition) is 1. The molecule has 0 saturated heterocycles. The predicted molar refractivity (Wildman–Crippen MR) is 61.1 cm³/mol. The van der Waals surface area contributed by atoms with Gasteiger partial charge in [-0.1, -0.05) is 0 Å². The van der Waals surface area contributed by atoms with Crippen LogP contribution in [-0.4, -0.2) is 17.8 Å². The lowest BCUT2D eigenvalue weighted by molar-refractivity contribution is -0.119. The Bertz CT molecular complexity index is 311. The number of aryl methyl sites for hydroxylation is 1. The Labute approximate surface area is 93.3 Å². The average molecular weight is 232 g/mol. The van der Waals surface area contributed by atoms with Crippen molar-refractivity contribution in [3.8, 4) is 0 Å². The molecular weight excluding hydrogens is 218 g/mol. The molecule has 14 heavy (non-hydrogen) atoms. The molecule has 0 spiro atoms. The van der Waals surface area contributed by atoms with Gasteiger partial charge in [0.25, 0.3) is 0 Å². The van der Waals surface area contributed by atoms with Crippen molar-refractivity contribution in [1.29, 1.82) is 0 Å². The number of thiophene rings is 1. The van der Waals surface area contributed by atoms with E-state index in [0.29, 0.717) is 0 Å². The van der Waals surface area contributed by atoms with E-state index in [-0.39, 0.29) is 17.8 Å². The van der Waals surface area contributed by atoms with E-state index in [4.69, 9.17) is 11.6 Å². The zero-order chi connectivity index (χ0) is 10.6. The van der Waals surface area contributed by atoms with E-state index in [2.05, 4.69) is 24.4 Å².